The predicted octanol–water partition coefficient (Wildman–Crippen LogP) is 2.98. The van der Waals surface area contributed by atoms with E-state index in [-0.39, 0.29) is 11.8 Å². The van der Waals surface area contributed by atoms with Crippen LogP contribution in [0.3, 0.4) is 0 Å². The zero-order valence-electron chi connectivity index (χ0n) is 17.0. The number of rotatable bonds is 5. The van der Waals surface area contributed by atoms with E-state index in [9.17, 15) is 9.59 Å². The van der Waals surface area contributed by atoms with Gasteiger partial charge in [-0.25, -0.2) is 0 Å². The molecule has 1 saturated heterocycles. The van der Waals surface area contributed by atoms with Crippen molar-refractivity contribution in [3.63, 3.8) is 0 Å². The van der Waals surface area contributed by atoms with Gasteiger partial charge in [0.2, 0.25) is 5.91 Å². The maximum atomic E-state index is 12.6. The average Bonchev–Trinajstić information content (AvgIpc) is 2.72. The molecular formula is C23H29N3O2. The summed E-state index contributed by atoms with van der Waals surface area (Å²) in [5, 5.41) is 0. The van der Waals surface area contributed by atoms with Gasteiger partial charge in [0, 0.05) is 57.9 Å². The molecule has 1 aliphatic rings. The van der Waals surface area contributed by atoms with E-state index in [0.717, 1.165) is 31.7 Å². The first-order valence-electron chi connectivity index (χ1n) is 9.84. The van der Waals surface area contributed by atoms with E-state index >= 15 is 0 Å². The maximum absolute atomic E-state index is 12.6. The van der Waals surface area contributed by atoms with E-state index < -0.39 is 0 Å². The lowest BCUT2D eigenvalue weighted by Gasteiger charge is -2.36. The largest absolute Gasteiger partial charge is 0.368 e. The lowest BCUT2D eigenvalue weighted by atomic mass is 10.1. The summed E-state index contributed by atoms with van der Waals surface area (Å²) in [5.74, 6) is 0.200. The number of anilines is 1. The van der Waals surface area contributed by atoms with Crippen LogP contribution in [-0.4, -0.2) is 61.9 Å². The van der Waals surface area contributed by atoms with Crippen LogP contribution in [-0.2, 0) is 11.2 Å². The number of aryl methyl sites for hydroxylation is 2. The van der Waals surface area contributed by atoms with Gasteiger partial charge in [-0.15, -0.1) is 0 Å². The molecule has 0 aliphatic carbocycles. The van der Waals surface area contributed by atoms with Gasteiger partial charge >= 0.3 is 0 Å². The number of carbonyl (C=O) groups is 2. The fraction of sp³-hybridized carbons (Fsp3) is 0.391. The highest BCUT2D eigenvalue weighted by molar-refractivity contribution is 5.93. The summed E-state index contributed by atoms with van der Waals surface area (Å²) in [6, 6.07) is 16.1. The molecule has 0 radical (unpaired) electrons. The molecule has 0 N–H and O–H groups in total. The molecule has 1 fully saturated rings. The van der Waals surface area contributed by atoms with Gasteiger partial charge in [0.15, 0.2) is 0 Å². The van der Waals surface area contributed by atoms with Crippen molar-refractivity contribution in [2.45, 2.75) is 19.8 Å². The summed E-state index contributed by atoms with van der Waals surface area (Å²) < 4.78 is 0. The summed E-state index contributed by atoms with van der Waals surface area (Å²) in [4.78, 5) is 30.4. The Bertz CT molecular complexity index is 822. The Morgan fingerprint density at radius 3 is 2.25 bits per heavy atom. The third kappa shape index (κ3) is 4.91. The van der Waals surface area contributed by atoms with Crippen molar-refractivity contribution in [2.75, 3.05) is 45.2 Å². The second-order valence-corrected chi connectivity index (χ2v) is 7.60. The molecule has 2 amide bonds. The van der Waals surface area contributed by atoms with Crippen LogP contribution in [0, 0.1) is 6.92 Å². The zero-order chi connectivity index (χ0) is 20.1. The van der Waals surface area contributed by atoms with Gasteiger partial charge in [0.05, 0.1) is 0 Å². The minimum atomic E-state index is -0.00546. The first-order chi connectivity index (χ1) is 13.4. The van der Waals surface area contributed by atoms with Crippen molar-refractivity contribution in [3.05, 3.63) is 65.2 Å². The van der Waals surface area contributed by atoms with E-state index in [1.54, 1.807) is 19.0 Å². The minimum Gasteiger partial charge on any atom is -0.368 e. The van der Waals surface area contributed by atoms with Crippen LogP contribution in [0.4, 0.5) is 5.69 Å². The molecule has 3 rings (SSSR count). The van der Waals surface area contributed by atoms with Crippen LogP contribution < -0.4 is 4.90 Å². The number of piperazine rings is 1. The summed E-state index contributed by atoms with van der Waals surface area (Å²) in [6.45, 7) is 5.38. The molecule has 1 heterocycles. The summed E-state index contributed by atoms with van der Waals surface area (Å²) in [7, 11) is 3.49. The lowest BCUT2D eigenvalue weighted by Crippen LogP contribution is -2.48. The summed E-state index contributed by atoms with van der Waals surface area (Å²) in [6.07, 6.45) is 1.21. The van der Waals surface area contributed by atoms with Gasteiger partial charge in [0.25, 0.3) is 5.91 Å². The highest BCUT2D eigenvalue weighted by atomic mass is 16.2. The molecule has 0 spiro atoms. The maximum Gasteiger partial charge on any atom is 0.253 e. The van der Waals surface area contributed by atoms with Crippen LogP contribution in [0.1, 0.15) is 27.9 Å². The monoisotopic (exact) mass is 379 g/mol. The second kappa shape index (κ2) is 8.91. The zero-order valence-corrected chi connectivity index (χ0v) is 17.0. The highest BCUT2D eigenvalue weighted by Gasteiger charge is 2.21. The SMILES string of the molecule is Cc1cccc(N2CCN(C(=O)CCc3ccc(C(=O)N(C)C)cc3)CC2)c1. The van der Waals surface area contributed by atoms with Crippen molar-refractivity contribution in [2.24, 2.45) is 0 Å². The van der Waals surface area contributed by atoms with Crippen molar-refractivity contribution >= 4 is 17.5 Å². The van der Waals surface area contributed by atoms with Crippen LogP contribution in [0.15, 0.2) is 48.5 Å². The standard InChI is InChI=1S/C23H29N3O2/c1-18-5-4-6-21(17-18)25-13-15-26(16-14-25)22(27)12-9-19-7-10-20(11-8-19)23(28)24(2)3/h4-8,10-11,17H,9,12-16H2,1-3H3. The Morgan fingerprint density at radius 2 is 1.64 bits per heavy atom. The third-order valence-corrected chi connectivity index (χ3v) is 5.23. The number of hydrogen-bond acceptors (Lipinski definition) is 3. The van der Waals surface area contributed by atoms with Gasteiger partial charge in [-0.05, 0) is 48.7 Å². The fourth-order valence-corrected chi connectivity index (χ4v) is 3.52. The first-order valence-corrected chi connectivity index (χ1v) is 9.84. The van der Waals surface area contributed by atoms with Crippen LogP contribution in [0.2, 0.25) is 0 Å². The Kier molecular flexibility index (Phi) is 6.34. The molecule has 0 bridgehead atoms. The molecule has 28 heavy (non-hydrogen) atoms. The third-order valence-electron chi connectivity index (χ3n) is 5.23. The van der Waals surface area contributed by atoms with E-state index in [0.29, 0.717) is 18.4 Å². The predicted molar refractivity (Wildman–Crippen MR) is 113 cm³/mol. The molecule has 0 unspecified atom stereocenters. The number of amides is 2. The van der Waals surface area contributed by atoms with E-state index in [1.807, 2.05) is 29.2 Å². The molecule has 5 heteroatoms. The molecule has 5 nitrogen and oxygen atoms in total. The Labute approximate surface area is 167 Å². The molecule has 148 valence electrons. The smallest absolute Gasteiger partial charge is 0.253 e. The van der Waals surface area contributed by atoms with Crippen LogP contribution in [0.5, 0.6) is 0 Å². The van der Waals surface area contributed by atoms with Crippen molar-refractivity contribution in [1.82, 2.24) is 9.80 Å². The fourth-order valence-electron chi connectivity index (χ4n) is 3.52. The van der Waals surface area contributed by atoms with Gasteiger partial charge < -0.3 is 14.7 Å². The second-order valence-electron chi connectivity index (χ2n) is 7.60. The number of benzene rings is 2. The van der Waals surface area contributed by atoms with Crippen molar-refractivity contribution in [3.8, 4) is 0 Å². The number of carbonyl (C=O) groups excluding carboxylic acids is 2. The molecule has 2 aromatic rings. The van der Waals surface area contributed by atoms with Gasteiger partial charge in [-0.1, -0.05) is 24.3 Å². The molecule has 0 atom stereocenters. The summed E-state index contributed by atoms with van der Waals surface area (Å²) >= 11 is 0. The van der Waals surface area contributed by atoms with Crippen LogP contribution >= 0.6 is 0 Å². The van der Waals surface area contributed by atoms with Gasteiger partial charge in [-0.3, -0.25) is 9.59 Å². The molecule has 1 aliphatic heterocycles. The summed E-state index contributed by atoms with van der Waals surface area (Å²) in [5.41, 5.74) is 4.25. The van der Waals surface area contributed by atoms with Crippen molar-refractivity contribution < 1.29 is 9.59 Å². The Hall–Kier alpha value is -2.82. The van der Waals surface area contributed by atoms with E-state index in [1.165, 1.54) is 11.3 Å². The van der Waals surface area contributed by atoms with E-state index in [2.05, 4.69) is 36.1 Å². The van der Waals surface area contributed by atoms with Crippen molar-refractivity contribution in [1.29, 1.82) is 0 Å². The topological polar surface area (TPSA) is 43.9 Å². The molecule has 2 aromatic carbocycles. The number of nitrogens with zero attached hydrogens (tertiary/aromatic N) is 3. The normalized spacial score (nSPS) is 14.1. The minimum absolute atomic E-state index is 0.00546. The van der Waals surface area contributed by atoms with Gasteiger partial charge in [-0.2, -0.15) is 0 Å². The molecular weight excluding hydrogens is 350 g/mol. The quantitative estimate of drug-likeness (QED) is 0.802. The lowest BCUT2D eigenvalue weighted by molar-refractivity contribution is -0.131. The molecule has 0 saturated carbocycles. The van der Waals surface area contributed by atoms with Crippen LogP contribution in [0.25, 0.3) is 0 Å². The Morgan fingerprint density at radius 1 is 0.964 bits per heavy atom. The van der Waals surface area contributed by atoms with Gasteiger partial charge in [0.1, 0.15) is 0 Å². The highest BCUT2D eigenvalue weighted by Crippen LogP contribution is 2.18. The van der Waals surface area contributed by atoms with E-state index in [4.69, 9.17) is 0 Å². The first kappa shape index (κ1) is 19.9. The Balaban J connectivity index is 1.48. The molecule has 0 aromatic heterocycles. The average molecular weight is 380 g/mol. The number of hydrogen-bond donors (Lipinski definition) is 0.